The number of ether oxygens (including phenoxy) is 1. The molecule has 0 radical (unpaired) electrons. The van der Waals surface area contributed by atoms with Crippen LogP contribution in [0.1, 0.15) is 26.6 Å². The Kier molecular flexibility index (Phi) is 7.14. The van der Waals surface area contributed by atoms with Gasteiger partial charge in [0.1, 0.15) is 18.2 Å². The van der Waals surface area contributed by atoms with Crippen molar-refractivity contribution in [2.45, 2.75) is 13.5 Å². The van der Waals surface area contributed by atoms with E-state index in [1.165, 1.54) is 24.3 Å². The SMILES string of the molecule is Cc1nc(COc2ccc(/C=C/C(=O)N3CCN(C(=O)c4ccc(F)cc4)CC3)cc2)cs1. The molecule has 4 rings (SSSR count). The first kappa shape index (κ1) is 22.7. The molecule has 2 aromatic carbocycles. The molecule has 0 aliphatic carbocycles. The normalized spacial score (nSPS) is 14.0. The third kappa shape index (κ3) is 6.04. The van der Waals surface area contributed by atoms with Gasteiger partial charge in [-0.2, -0.15) is 0 Å². The Bertz CT molecular complexity index is 1130. The second-order valence-corrected chi connectivity index (χ2v) is 8.74. The Morgan fingerprint density at radius 1 is 1.03 bits per heavy atom. The van der Waals surface area contributed by atoms with Crippen LogP contribution in [0, 0.1) is 12.7 Å². The summed E-state index contributed by atoms with van der Waals surface area (Å²) >= 11 is 1.60. The molecule has 0 unspecified atom stereocenters. The number of amides is 2. The van der Waals surface area contributed by atoms with E-state index >= 15 is 0 Å². The van der Waals surface area contributed by atoms with Crippen molar-refractivity contribution < 1.29 is 18.7 Å². The molecule has 170 valence electrons. The number of aromatic nitrogens is 1. The second-order valence-electron chi connectivity index (χ2n) is 7.67. The van der Waals surface area contributed by atoms with Crippen molar-refractivity contribution in [1.29, 1.82) is 0 Å². The van der Waals surface area contributed by atoms with E-state index in [-0.39, 0.29) is 17.6 Å². The number of nitrogens with zero attached hydrogens (tertiary/aromatic N) is 3. The Hall–Kier alpha value is -3.52. The molecule has 0 saturated carbocycles. The van der Waals surface area contributed by atoms with E-state index in [2.05, 4.69) is 4.98 Å². The summed E-state index contributed by atoms with van der Waals surface area (Å²) in [6.45, 7) is 4.19. The number of piperazine rings is 1. The van der Waals surface area contributed by atoms with Gasteiger partial charge in [-0.3, -0.25) is 9.59 Å². The van der Waals surface area contributed by atoms with Gasteiger partial charge in [0.2, 0.25) is 5.91 Å². The molecule has 33 heavy (non-hydrogen) atoms. The molecule has 8 heteroatoms. The summed E-state index contributed by atoms with van der Waals surface area (Å²) in [4.78, 5) is 32.9. The highest BCUT2D eigenvalue weighted by Gasteiger charge is 2.23. The monoisotopic (exact) mass is 465 g/mol. The molecule has 3 aromatic rings. The van der Waals surface area contributed by atoms with E-state index in [1.807, 2.05) is 36.6 Å². The molecule has 1 fully saturated rings. The van der Waals surface area contributed by atoms with Crippen LogP contribution < -0.4 is 4.74 Å². The number of carbonyl (C=O) groups is 2. The van der Waals surface area contributed by atoms with E-state index in [1.54, 1.807) is 33.3 Å². The summed E-state index contributed by atoms with van der Waals surface area (Å²) in [5, 5.41) is 3.00. The van der Waals surface area contributed by atoms with Gasteiger partial charge >= 0.3 is 0 Å². The smallest absolute Gasteiger partial charge is 0.253 e. The summed E-state index contributed by atoms with van der Waals surface area (Å²) in [7, 11) is 0. The maximum absolute atomic E-state index is 13.1. The Morgan fingerprint density at radius 3 is 2.33 bits per heavy atom. The van der Waals surface area contributed by atoms with E-state index in [9.17, 15) is 14.0 Å². The molecule has 2 amide bonds. The van der Waals surface area contributed by atoms with Gasteiger partial charge in [-0.1, -0.05) is 12.1 Å². The average molecular weight is 466 g/mol. The van der Waals surface area contributed by atoms with Crippen LogP contribution in [-0.2, 0) is 11.4 Å². The summed E-state index contributed by atoms with van der Waals surface area (Å²) < 4.78 is 18.8. The van der Waals surface area contributed by atoms with Crippen LogP contribution >= 0.6 is 11.3 Å². The molecule has 2 heterocycles. The maximum atomic E-state index is 13.1. The fourth-order valence-corrected chi connectivity index (χ4v) is 4.08. The minimum absolute atomic E-state index is 0.0943. The first-order valence-electron chi connectivity index (χ1n) is 10.6. The number of aryl methyl sites for hydroxylation is 1. The predicted octanol–water partition coefficient (Wildman–Crippen LogP) is 4.17. The molecule has 0 bridgehead atoms. The molecule has 1 aliphatic heterocycles. The number of rotatable bonds is 6. The van der Waals surface area contributed by atoms with Crippen LogP contribution in [0.5, 0.6) is 5.75 Å². The lowest BCUT2D eigenvalue weighted by Crippen LogP contribution is -2.50. The van der Waals surface area contributed by atoms with Crippen molar-refractivity contribution >= 4 is 29.2 Å². The zero-order valence-electron chi connectivity index (χ0n) is 18.2. The minimum atomic E-state index is -0.373. The fourth-order valence-electron chi connectivity index (χ4n) is 3.48. The first-order valence-corrected chi connectivity index (χ1v) is 11.5. The number of hydrogen-bond acceptors (Lipinski definition) is 5. The maximum Gasteiger partial charge on any atom is 0.253 e. The predicted molar refractivity (Wildman–Crippen MR) is 126 cm³/mol. The van der Waals surface area contributed by atoms with Crippen LogP contribution in [0.3, 0.4) is 0 Å². The third-order valence-electron chi connectivity index (χ3n) is 5.32. The molecule has 0 spiro atoms. The van der Waals surface area contributed by atoms with Gasteiger partial charge < -0.3 is 14.5 Å². The second kappa shape index (κ2) is 10.4. The minimum Gasteiger partial charge on any atom is -0.487 e. The van der Waals surface area contributed by atoms with Crippen molar-refractivity contribution in [2.75, 3.05) is 26.2 Å². The highest BCUT2D eigenvalue weighted by molar-refractivity contribution is 7.09. The number of hydrogen-bond donors (Lipinski definition) is 0. The molecule has 0 atom stereocenters. The standard InChI is InChI=1S/C25H24FN3O3S/c1-18-27-22(17-33-18)16-32-23-9-2-19(3-10-23)4-11-24(30)28-12-14-29(15-13-28)25(31)20-5-7-21(26)8-6-20/h2-11,17H,12-16H2,1H3/b11-4+. The number of halogens is 1. The van der Waals surface area contributed by atoms with Crippen molar-refractivity contribution in [3.05, 3.63) is 87.6 Å². The van der Waals surface area contributed by atoms with Crippen LogP contribution in [-0.4, -0.2) is 52.8 Å². The van der Waals surface area contributed by atoms with E-state index < -0.39 is 0 Å². The zero-order valence-corrected chi connectivity index (χ0v) is 19.1. The summed E-state index contributed by atoms with van der Waals surface area (Å²) in [6, 6.07) is 13.0. The summed E-state index contributed by atoms with van der Waals surface area (Å²) in [6.07, 6.45) is 3.32. The topological polar surface area (TPSA) is 62.7 Å². The zero-order chi connectivity index (χ0) is 23.2. The van der Waals surface area contributed by atoms with Crippen molar-refractivity contribution in [3.63, 3.8) is 0 Å². The Morgan fingerprint density at radius 2 is 1.70 bits per heavy atom. The molecule has 6 nitrogen and oxygen atoms in total. The van der Waals surface area contributed by atoms with E-state index in [0.717, 1.165) is 22.0 Å². The average Bonchev–Trinajstić information content (AvgIpc) is 3.27. The lowest BCUT2D eigenvalue weighted by Gasteiger charge is -2.34. The van der Waals surface area contributed by atoms with Crippen LogP contribution in [0.2, 0.25) is 0 Å². The largest absolute Gasteiger partial charge is 0.487 e. The van der Waals surface area contributed by atoms with Gasteiger partial charge in [0.25, 0.3) is 5.91 Å². The van der Waals surface area contributed by atoms with Gasteiger partial charge in [0, 0.05) is 43.2 Å². The van der Waals surface area contributed by atoms with Gasteiger partial charge in [-0.05, 0) is 55.0 Å². The van der Waals surface area contributed by atoms with Crippen LogP contribution in [0.25, 0.3) is 6.08 Å². The first-order chi connectivity index (χ1) is 16.0. The summed E-state index contributed by atoms with van der Waals surface area (Å²) in [5.41, 5.74) is 2.25. The van der Waals surface area contributed by atoms with Gasteiger partial charge in [-0.15, -0.1) is 11.3 Å². The molecule has 0 N–H and O–H groups in total. The highest BCUT2D eigenvalue weighted by Crippen LogP contribution is 2.17. The summed E-state index contributed by atoms with van der Waals surface area (Å²) in [5.74, 6) is 0.126. The Labute approximate surface area is 195 Å². The van der Waals surface area contributed by atoms with Crippen LogP contribution in [0.4, 0.5) is 4.39 Å². The quantitative estimate of drug-likeness (QED) is 0.513. The fraction of sp³-hybridized carbons (Fsp3) is 0.240. The molecule has 1 aromatic heterocycles. The van der Waals surface area contributed by atoms with Crippen LogP contribution in [0.15, 0.2) is 60.0 Å². The van der Waals surface area contributed by atoms with Gasteiger partial charge in [-0.25, -0.2) is 9.37 Å². The molecular formula is C25H24FN3O3S. The highest BCUT2D eigenvalue weighted by atomic mass is 32.1. The van der Waals surface area contributed by atoms with Crippen molar-refractivity contribution in [2.24, 2.45) is 0 Å². The number of thiazole rings is 1. The van der Waals surface area contributed by atoms with Crippen molar-refractivity contribution in [1.82, 2.24) is 14.8 Å². The third-order valence-corrected chi connectivity index (χ3v) is 6.14. The molecule has 1 saturated heterocycles. The molecular weight excluding hydrogens is 441 g/mol. The molecule has 1 aliphatic rings. The lowest BCUT2D eigenvalue weighted by molar-refractivity contribution is -0.127. The lowest BCUT2D eigenvalue weighted by atomic mass is 10.1. The van der Waals surface area contributed by atoms with Crippen molar-refractivity contribution in [3.8, 4) is 5.75 Å². The van der Waals surface area contributed by atoms with E-state index in [0.29, 0.717) is 38.3 Å². The Balaban J connectivity index is 1.25. The number of benzene rings is 2. The van der Waals surface area contributed by atoms with Gasteiger partial charge in [0.05, 0.1) is 10.7 Å². The van der Waals surface area contributed by atoms with Gasteiger partial charge in [0.15, 0.2) is 0 Å². The van der Waals surface area contributed by atoms with E-state index in [4.69, 9.17) is 4.74 Å². The number of carbonyl (C=O) groups excluding carboxylic acids is 2.